The number of hydrogen-bond donors (Lipinski definition) is 4. The summed E-state index contributed by atoms with van der Waals surface area (Å²) in [4.78, 5) is 19.4. The van der Waals surface area contributed by atoms with Crippen LogP contribution >= 0.6 is 0 Å². The maximum Gasteiger partial charge on any atom is 0.237 e. The molecule has 2 heterocycles. The first kappa shape index (κ1) is 13.8. The molecule has 0 saturated heterocycles. The summed E-state index contributed by atoms with van der Waals surface area (Å²) in [7, 11) is 0. The normalized spacial score (nSPS) is 18.8. The topological polar surface area (TPSA) is 90.0 Å². The molecule has 2 aromatic rings. The van der Waals surface area contributed by atoms with Crippen LogP contribution in [0.1, 0.15) is 23.1 Å². The highest BCUT2D eigenvalue weighted by Gasteiger charge is 2.25. The minimum atomic E-state index is -0.695. The molecule has 1 amide bonds. The molecule has 0 aliphatic carbocycles. The molecule has 1 aliphatic heterocycles. The Morgan fingerprint density at radius 3 is 3.05 bits per heavy atom. The van der Waals surface area contributed by atoms with Crippen LogP contribution in [0.3, 0.4) is 0 Å². The number of benzene rings is 1. The molecule has 4 N–H and O–H groups in total. The summed E-state index contributed by atoms with van der Waals surface area (Å²) in [5, 5.41) is 16.0. The van der Waals surface area contributed by atoms with Crippen LogP contribution in [0.25, 0.3) is 0 Å². The molecule has 1 aromatic carbocycles. The largest absolute Gasteiger partial charge is 0.387 e. The Hall–Kier alpha value is -2.18. The van der Waals surface area contributed by atoms with Crippen molar-refractivity contribution >= 4 is 5.91 Å². The number of nitrogens with one attached hydrogen (secondary N) is 3. The van der Waals surface area contributed by atoms with Crippen molar-refractivity contribution in [1.82, 2.24) is 20.6 Å². The van der Waals surface area contributed by atoms with E-state index in [9.17, 15) is 9.90 Å². The molecule has 110 valence electrons. The Kier molecular flexibility index (Phi) is 3.98. The van der Waals surface area contributed by atoms with E-state index in [0.29, 0.717) is 13.0 Å². The number of rotatable bonds is 4. The van der Waals surface area contributed by atoms with E-state index < -0.39 is 6.10 Å². The van der Waals surface area contributed by atoms with Crippen molar-refractivity contribution < 1.29 is 9.90 Å². The lowest BCUT2D eigenvalue weighted by Gasteiger charge is -2.23. The van der Waals surface area contributed by atoms with Gasteiger partial charge in [-0.1, -0.05) is 30.3 Å². The van der Waals surface area contributed by atoms with E-state index in [0.717, 1.165) is 17.0 Å². The number of aliphatic hydroxyl groups is 1. The number of aromatic nitrogens is 2. The number of hydrogen-bond acceptors (Lipinski definition) is 4. The highest BCUT2D eigenvalue weighted by atomic mass is 16.3. The van der Waals surface area contributed by atoms with E-state index >= 15 is 0 Å². The van der Waals surface area contributed by atoms with E-state index in [4.69, 9.17) is 0 Å². The molecule has 2 unspecified atom stereocenters. The van der Waals surface area contributed by atoms with Gasteiger partial charge in [0, 0.05) is 19.5 Å². The van der Waals surface area contributed by atoms with Crippen LogP contribution in [0.4, 0.5) is 0 Å². The Bertz CT molecular complexity index is 611. The minimum absolute atomic E-state index is 0.112. The monoisotopic (exact) mass is 286 g/mol. The third-order valence-corrected chi connectivity index (χ3v) is 3.70. The first-order valence-corrected chi connectivity index (χ1v) is 6.99. The third kappa shape index (κ3) is 3.12. The number of carbonyl (C=O) groups excluding carboxylic acids is 1. The summed E-state index contributed by atoms with van der Waals surface area (Å²) in [6.45, 7) is 0.809. The SMILES string of the molecule is O=C(NCC(O)c1ccccc1)C1Cc2nc[nH]c2CN1. The zero-order valence-electron chi connectivity index (χ0n) is 11.5. The summed E-state index contributed by atoms with van der Waals surface area (Å²) in [5.41, 5.74) is 2.75. The number of nitrogens with zero attached hydrogens (tertiary/aromatic N) is 1. The van der Waals surface area contributed by atoms with Crippen molar-refractivity contribution in [2.45, 2.75) is 25.1 Å². The Morgan fingerprint density at radius 1 is 1.43 bits per heavy atom. The van der Waals surface area contributed by atoms with Gasteiger partial charge in [-0.2, -0.15) is 0 Å². The average molecular weight is 286 g/mol. The quantitative estimate of drug-likeness (QED) is 0.649. The Labute approximate surface area is 122 Å². The maximum atomic E-state index is 12.1. The number of carbonyl (C=O) groups is 1. The fourth-order valence-electron chi connectivity index (χ4n) is 2.47. The molecule has 21 heavy (non-hydrogen) atoms. The predicted molar refractivity (Wildman–Crippen MR) is 77.3 cm³/mol. The number of H-pyrrole nitrogens is 1. The Balaban J connectivity index is 1.53. The number of aliphatic hydroxyl groups excluding tert-OH is 1. The standard InChI is InChI=1S/C15H18N4O2/c20-14(10-4-2-1-3-5-10)8-17-15(21)12-6-11-13(7-16-12)19-9-18-11/h1-5,9,12,14,16,20H,6-8H2,(H,17,21)(H,18,19). The van der Waals surface area contributed by atoms with Gasteiger partial charge in [0.25, 0.3) is 0 Å². The molecule has 2 atom stereocenters. The zero-order chi connectivity index (χ0) is 14.7. The van der Waals surface area contributed by atoms with Crippen molar-refractivity contribution in [3.8, 4) is 0 Å². The first-order chi connectivity index (χ1) is 10.2. The lowest BCUT2D eigenvalue weighted by molar-refractivity contribution is -0.123. The zero-order valence-corrected chi connectivity index (χ0v) is 11.5. The van der Waals surface area contributed by atoms with E-state index in [2.05, 4.69) is 20.6 Å². The van der Waals surface area contributed by atoms with Crippen molar-refractivity contribution in [3.63, 3.8) is 0 Å². The van der Waals surface area contributed by atoms with E-state index in [1.165, 1.54) is 0 Å². The lowest BCUT2D eigenvalue weighted by atomic mass is 10.0. The van der Waals surface area contributed by atoms with Crippen LogP contribution in [0.15, 0.2) is 36.7 Å². The highest BCUT2D eigenvalue weighted by molar-refractivity contribution is 5.82. The average Bonchev–Trinajstić information content (AvgIpc) is 3.00. The van der Waals surface area contributed by atoms with Crippen LogP contribution < -0.4 is 10.6 Å². The summed E-state index contributed by atoms with van der Waals surface area (Å²) in [6.07, 6.45) is 1.51. The van der Waals surface area contributed by atoms with E-state index in [1.54, 1.807) is 6.33 Å². The molecular formula is C15H18N4O2. The molecule has 6 heteroatoms. The number of fused-ring (bicyclic) bond motifs is 1. The minimum Gasteiger partial charge on any atom is -0.387 e. The van der Waals surface area contributed by atoms with Gasteiger partial charge in [-0.3, -0.25) is 10.1 Å². The molecule has 1 aliphatic rings. The van der Waals surface area contributed by atoms with Crippen molar-refractivity contribution in [2.24, 2.45) is 0 Å². The number of amides is 1. The third-order valence-electron chi connectivity index (χ3n) is 3.70. The first-order valence-electron chi connectivity index (χ1n) is 6.99. The summed E-state index contributed by atoms with van der Waals surface area (Å²) in [5.74, 6) is -0.112. The van der Waals surface area contributed by atoms with Gasteiger partial charge >= 0.3 is 0 Å². The van der Waals surface area contributed by atoms with Gasteiger partial charge in [0.1, 0.15) is 0 Å². The molecule has 6 nitrogen and oxygen atoms in total. The van der Waals surface area contributed by atoms with Crippen LogP contribution in [-0.4, -0.2) is 33.6 Å². The summed E-state index contributed by atoms with van der Waals surface area (Å²) < 4.78 is 0. The molecule has 0 bridgehead atoms. The van der Waals surface area contributed by atoms with Crippen LogP contribution in [0.5, 0.6) is 0 Å². The summed E-state index contributed by atoms with van der Waals surface area (Å²) in [6, 6.07) is 8.99. The second-order valence-corrected chi connectivity index (χ2v) is 5.14. The highest BCUT2D eigenvalue weighted by Crippen LogP contribution is 2.13. The van der Waals surface area contributed by atoms with Gasteiger partial charge in [-0.05, 0) is 5.56 Å². The smallest absolute Gasteiger partial charge is 0.237 e. The fourth-order valence-corrected chi connectivity index (χ4v) is 2.47. The molecule has 0 spiro atoms. The van der Waals surface area contributed by atoms with Crippen LogP contribution in [0.2, 0.25) is 0 Å². The van der Waals surface area contributed by atoms with Gasteiger partial charge in [-0.25, -0.2) is 4.98 Å². The second-order valence-electron chi connectivity index (χ2n) is 5.14. The molecule has 0 radical (unpaired) electrons. The Morgan fingerprint density at radius 2 is 2.24 bits per heavy atom. The van der Waals surface area contributed by atoms with Crippen LogP contribution in [0, 0.1) is 0 Å². The molecule has 0 saturated carbocycles. The fraction of sp³-hybridized carbons (Fsp3) is 0.333. The molecular weight excluding hydrogens is 268 g/mol. The van der Waals surface area contributed by atoms with Crippen molar-refractivity contribution in [2.75, 3.05) is 6.54 Å². The van der Waals surface area contributed by atoms with Crippen LogP contribution in [-0.2, 0) is 17.8 Å². The van der Waals surface area contributed by atoms with Gasteiger partial charge in [0.15, 0.2) is 0 Å². The molecule has 1 aromatic heterocycles. The number of aromatic amines is 1. The maximum absolute atomic E-state index is 12.1. The molecule has 0 fully saturated rings. The van der Waals surface area contributed by atoms with Gasteiger partial charge in [0.2, 0.25) is 5.91 Å². The van der Waals surface area contributed by atoms with E-state index in [-0.39, 0.29) is 18.5 Å². The lowest BCUT2D eigenvalue weighted by Crippen LogP contribution is -2.48. The van der Waals surface area contributed by atoms with Crippen molar-refractivity contribution in [1.29, 1.82) is 0 Å². The van der Waals surface area contributed by atoms with E-state index in [1.807, 2.05) is 30.3 Å². The predicted octanol–water partition coefficient (Wildman–Crippen LogP) is 0.274. The number of imidazole rings is 1. The van der Waals surface area contributed by atoms with Crippen molar-refractivity contribution in [3.05, 3.63) is 53.6 Å². The van der Waals surface area contributed by atoms with Gasteiger partial charge in [-0.15, -0.1) is 0 Å². The second kappa shape index (κ2) is 6.07. The van der Waals surface area contributed by atoms with Gasteiger partial charge < -0.3 is 15.4 Å². The molecule has 3 rings (SSSR count). The van der Waals surface area contributed by atoms with Gasteiger partial charge in [0.05, 0.1) is 29.9 Å². The summed E-state index contributed by atoms with van der Waals surface area (Å²) >= 11 is 0.